The molecule has 0 radical (unpaired) electrons. The maximum Gasteiger partial charge on any atom is 0.123 e. The average Bonchev–Trinajstić information content (AvgIpc) is 2.17. The van der Waals surface area contributed by atoms with E-state index < -0.39 is 0 Å². The van der Waals surface area contributed by atoms with Crippen LogP contribution in [0.25, 0.3) is 0 Å². The fraction of sp³-hybridized carbons (Fsp3) is 0.500. The summed E-state index contributed by atoms with van der Waals surface area (Å²) in [5.41, 5.74) is 6.73. The van der Waals surface area contributed by atoms with Crippen molar-refractivity contribution < 1.29 is 9.13 Å². The second kappa shape index (κ2) is 5.83. The molecule has 15 heavy (non-hydrogen) atoms. The van der Waals surface area contributed by atoms with E-state index >= 15 is 0 Å². The van der Waals surface area contributed by atoms with Gasteiger partial charge in [0.05, 0.1) is 6.10 Å². The quantitative estimate of drug-likeness (QED) is 0.812. The van der Waals surface area contributed by atoms with Crippen LogP contribution >= 0.6 is 0 Å². The van der Waals surface area contributed by atoms with Crippen molar-refractivity contribution in [1.82, 2.24) is 0 Å². The monoisotopic (exact) mass is 211 g/mol. The van der Waals surface area contributed by atoms with Gasteiger partial charge in [0.15, 0.2) is 0 Å². The van der Waals surface area contributed by atoms with Crippen LogP contribution in [0, 0.1) is 5.82 Å². The zero-order valence-corrected chi connectivity index (χ0v) is 9.24. The highest BCUT2D eigenvalue weighted by Gasteiger charge is 2.06. The molecule has 0 bridgehead atoms. The summed E-state index contributed by atoms with van der Waals surface area (Å²) in [7, 11) is 0. The highest BCUT2D eigenvalue weighted by molar-refractivity contribution is 5.19. The van der Waals surface area contributed by atoms with Crippen LogP contribution in [-0.4, -0.2) is 12.7 Å². The molecule has 0 spiro atoms. The minimum atomic E-state index is -0.243. The molecular formula is C12H18FNO. The van der Waals surface area contributed by atoms with Gasteiger partial charge in [-0.3, -0.25) is 0 Å². The molecule has 0 heterocycles. The Morgan fingerprint density at radius 3 is 2.73 bits per heavy atom. The Balaban J connectivity index is 2.43. The maximum absolute atomic E-state index is 12.9. The summed E-state index contributed by atoms with van der Waals surface area (Å²) in [6.45, 7) is 4.57. The summed E-state index contributed by atoms with van der Waals surface area (Å²) in [4.78, 5) is 0. The topological polar surface area (TPSA) is 35.2 Å². The molecule has 0 saturated heterocycles. The van der Waals surface area contributed by atoms with Gasteiger partial charge < -0.3 is 10.5 Å². The lowest BCUT2D eigenvalue weighted by atomic mass is 10.1. The highest BCUT2D eigenvalue weighted by Crippen LogP contribution is 2.15. The highest BCUT2D eigenvalue weighted by atomic mass is 19.1. The van der Waals surface area contributed by atoms with Crippen LogP contribution in [0.3, 0.4) is 0 Å². The minimum Gasteiger partial charge on any atom is -0.379 e. The molecule has 1 aromatic rings. The Bertz CT molecular complexity index is 301. The summed E-state index contributed by atoms with van der Waals surface area (Å²) >= 11 is 0. The van der Waals surface area contributed by atoms with Crippen molar-refractivity contribution in [2.24, 2.45) is 5.73 Å². The molecule has 2 N–H and O–H groups in total. The molecule has 84 valence electrons. The number of benzene rings is 1. The summed E-state index contributed by atoms with van der Waals surface area (Å²) < 4.78 is 18.3. The molecule has 0 aliphatic carbocycles. The fourth-order valence-electron chi connectivity index (χ4n) is 1.33. The van der Waals surface area contributed by atoms with Gasteiger partial charge in [0.2, 0.25) is 0 Å². The maximum atomic E-state index is 12.9. The van der Waals surface area contributed by atoms with Crippen molar-refractivity contribution in [1.29, 1.82) is 0 Å². The third-order valence-electron chi connectivity index (χ3n) is 2.16. The van der Waals surface area contributed by atoms with Gasteiger partial charge in [-0.25, -0.2) is 4.39 Å². The average molecular weight is 211 g/mol. The predicted molar refractivity (Wildman–Crippen MR) is 59.0 cm³/mol. The lowest BCUT2D eigenvalue weighted by Crippen LogP contribution is -2.15. The lowest BCUT2D eigenvalue weighted by molar-refractivity contribution is 0.0736. The van der Waals surface area contributed by atoms with Crippen LogP contribution in [0.1, 0.15) is 31.9 Å². The third-order valence-corrected chi connectivity index (χ3v) is 2.16. The molecule has 3 heteroatoms. The zero-order valence-electron chi connectivity index (χ0n) is 9.24. The van der Waals surface area contributed by atoms with Gasteiger partial charge in [-0.2, -0.15) is 0 Å². The van der Waals surface area contributed by atoms with Crippen LogP contribution in [0.4, 0.5) is 4.39 Å². The molecule has 1 aromatic carbocycles. The first-order valence-corrected chi connectivity index (χ1v) is 5.22. The van der Waals surface area contributed by atoms with Crippen LogP contribution < -0.4 is 5.73 Å². The normalized spacial score (nSPS) is 13.1. The Hall–Kier alpha value is -0.930. The zero-order chi connectivity index (χ0) is 11.3. The Morgan fingerprint density at radius 1 is 1.40 bits per heavy atom. The van der Waals surface area contributed by atoms with E-state index in [0.29, 0.717) is 13.0 Å². The first kappa shape index (κ1) is 12.1. The summed E-state index contributed by atoms with van der Waals surface area (Å²) in [5.74, 6) is -0.243. The van der Waals surface area contributed by atoms with Crippen molar-refractivity contribution in [2.75, 3.05) is 6.61 Å². The van der Waals surface area contributed by atoms with E-state index in [0.717, 1.165) is 5.56 Å². The van der Waals surface area contributed by atoms with E-state index in [1.807, 2.05) is 19.9 Å². The van der Waals surface area contributed by atoms with E-state index in [9.17, 15) is 4.39 Å². The molecule has 0 aliphatic rings. The molecular weight excluding hydrogens is 193 g/mol. The third kappa shape index (κ3) is 4.40. The van der Waals surface area contributed by atoms with Gasteiger partial charge in [-0.05, 0) is 38.0 Å². The molecule has 2 nitrogen and oxygen atoms in total. The minimum absolute atomic E-state index is 0.153. The van der Waals surface area contributed by atoms with E-state index in [-0.39, 0.29) is 18.0 Å². The number of nitrogens with two attached hydrogens (primary N) is 1. The van der Waals surface area contributed by atoms with Gasteiger partial charge in [0, 0.05) is 12.6 Å². The van der Waals surface area contributed by atoms with Crippen LogP contribution in [0.2, 0.25) is 0 Å². The lowest BCUT2D eigenvalue weighted by Gasteiger charge is -2.13. The smallest absolute Gasteiger partial charge is 0.123 e. The van der Waals surface area contributed by atoms with E-state index in [4.69, 9.17) is 10.5 Å². The number of ether oxygens (including phenoxy) is 1. The van der Waals surface area contributed by atoms with Crippen molar-refractivity contribution in [3.8, 4) is 0 Å². The Kier molecular flexibility index (Phi) is 4.72. The predicted octanol–water partition coefficient (Wildman–Crippen LogP) is 2.64. The van der Waals surface area contributed by atoms with Crippen molar-refractivity contribution in [3.05, 3.63) is 35.6 Å². The van der Waals surface area contributed by atoms with Gasteiger partial charge in [0.25, 0.3) is 0 Å². The van der Waals surface area contributed by atoms with Crippen molar-refractivity contribution >= 4 is 0 Å². The van der Waals surface area contributed by atoms with Crippen LogP contribution in [0.5, 0.6) is 0 Å². The van der Waals surface area contributed by atoms with E-state index in [1.54, 1.807) is 6.07 Å². The second-order valence-electron chi connectivity index (χ2n) is 3.87. The number of hydrogen-bond donors (Lipinski definition) is 1. The molecule has 1 atom stereocenters. The largest absolute Gasteiger partial charge is 0.379 e. The Morgan fingerprint density at radius 2 is 2.13 bits per heavy atom. The molecule has 0 aliphatic heterocycles. The van der Waals surface area contributed by atoms with Crippen LogP contribution in [-0.2, 0) is 4.74 Å². The number of hydrogen-bond acceptors (Lipinski definition) is 2. The Labute approximate surface area is 90.2 Å². The van der Waals surface area contributed by atoms with E-state index in [2.05, 4.69) is 0 Å². The second-order valence-corrected chi connectivity index (χ2v) is 3.87. The molecule has 1 unspecified atom stereocenters. The molecule has 1 rings (SSSR count). The molecule has 0 saturated carbocycles. The molecule has 0 amide bonds. The van der Waals surface area contributed by atoms with Gasteiger partial charge >= 0.3 is 0 Å². The number of halogens is 1. The SMILES string of the molecule is CC(C)OCCC(N)c1cccc(F)c1. The van der Waals surface area contributed by atoms with Crippen molar-refractivity contribution in [2.45, 2.75) is 32.4 Å². The van der Waals surface area contributed by atoms with Crippen LogP contribution in [0.15, 0.2) is 24.3 Å². The van der Waals surface area contributed by atoms with Gasteiger partial charge in [0.1, 0.15) is 5.82 Å². The van der Waals surface area contributed by atoms with Crippen molar-refractivity contribution in [3.63, 3.8) is 0 Å². The summed E-state index contributed by atoms with van der Waals surface area (Å²) in [6, 6.07) is 6.25. The first-order valence-electron chi connectivity index (χ1n) is 5.22. The van der Waals surface area contributed by atoms with Gasteiger partial charge in [-0.1, -0.05) is 12.1 Å². The van der Waals surface area contributed by atoms with Gasteiger partial charge in [-0.15, -0.1) is 0 Å². The molecule has 0 fully saturated rings. The van der Waals surface area contributed by atoms with E-state index in [1.165, 1.54) is 12.1 Å². The fourth-order valence-corrected chi connectivity index (χ4v) is 1.33. The number of rotatable bonds is 5. The summed E-state index contributed by atoms with van der Waals surface area (Å²) in [5, 5.41) is 0. The standard InChI is InChI=1S/C12H18FNO/c1-9(2)15-7-6-12(14)10-4-3-5-11(13)8-10/h3-5,8-9,12H,6-7,14H2,1-2H3. The molecule has 0 aromatic heterocycles. The first-order chi connectivity index (χ1) is 7.09. The summed E-state index contributed by atoms with van der Waals surface area (Å²) in [6.07, 6.45) is 0.923.